The minimum Gasteiger partial charge on any atom is -0.496 e. The highest BCUT2D eigenvalue weighted by Gasteiger charge is 2.27. The van der Waals surface area contributed by atoms with E-state index in [2.05, 4.69) is 27.8 Å². The Morgan fingerprint density at radius 2 is 2.15 bits per heavy atom. The number of hydrogen-bond donors (Lipinski definition) is 2. The van der Waals surface area contributed by atoms with Crippen LogP contribution in [0.4, 0.5) is 0 Å². The van der Waals surface area contributed by atoms with E-state index in [0.717, 1.165) is 42.3 Å². The van der Waals surface area contributed by atoms with Gasteiger partial charge in [0.2, 0.25) is 5.91 Å². The number of hydrogen-bond acceptors (Lipinski definition) is 3. The molecule has 0 spiro atoms. The van der Waals surface area contributed by atoms with Gasteiger partial charge in [-0.3, -0.25) is 9.79 Å². The molecule has 0 bridgehead atoms. The molecule has 0 radical (unpaired) electrons. The first-order valence-corrected chi connectivity index (χ1v) is 8.84. The van der Waals surface area contributed by atoms with E-state index in [1.165, 1.54) is 0 Å². The predicted molar refractivity (Wildman–Crippen MR) is 116 cm³/mol. The molecule has 0 aromatic heterocycles. The number of rotatable bonds is 5. The monoisotopic (exact) mass is 474 g/mol. The molecule has 1 aliphatic rings. The van der Waals surface area contributed by atoms with Crippen LogP contribution in [-0.4, -0.2) is 50.1 Å². The van der Waals surface area contributed by atoms with Gasteiger partial charge >= 0.3 is 0 Å². The molecule has 1 fully saturated rings. The first-order chi connectivity index (χ1) is 11.9. The molecule has 1 unspecified atom stereocenters. The first-order valence-electron chi connectivity index (χ1n) is 8.84. The van der Waals surface area contributed by atoms with Gasteiger partial charge in [0.05, 0.1) is 7.11 Å². The van der Waals surface area contributed by atoms with Crippen LogP contribution in [0.25, 0.3) is 0 Å². The van der Waals surface area contributed by atoms with E-state index >= 15 is 0 Å². The van der Waals surface area contributed by atoms with Crippen molar-refractivity contribution in [1.29, 1.82) is 0 Å². The maximum absolute atomic E-state index is 12.1. The van der Waals surface area contributed by atoms with Crippen molar-refractivity contribution in [1.82, 2.24) is 15.5 Å². The highest BCUT2D eigenvalue weighted by molar-refractivity contribution is 14.0. The predicted octanol–water partition coefficient (Wildman–Crippen LogP) is 2.54. The Kier molecular flexibility index (Phi) is 9.18. The van der Waals surface area contributed by atoms with Crippen molar-refractivity contribution in [3.63, 3.8) is 0 Å². The van der Waals surface area contributed by atoms with E-state index in [-0.39, 0.29) is 41.8 Å². The largest absolute Gasteiger partial charge is 0.496 e. The fraction of sp³-hybridized carbons (Fsp3) is 0.579. The summed E-state index contributed by atoms with van der Waals surface area (Å²) in [5, 5.41) is 6.74. The molecule has 1 aromatic rings. The van der Waals surface area contributed by atoms with Crippen molar-refractivity contribution < 1.29 is 9.53 Å². The normalized spacial score (nSPS) is 17.1. The number of aryl methyl sites for hydroxylation is 1. The van der Waals surface area contributed by atoms with Crippen LogP contribution in [0.5, 0.6) is 5.75 Å². The van der Waals surface area contributed by atoms with Crippen molar-refractivity contribution in [3.05, 3.63) is 29.3 Å². The number of benzene rings is 1. The van der Waals surface area contributed by atoms with Gasteiger partial charge in [0.1, 0.15) is 5.75 Å². The van der Waals surface area contributed by atoms with Gasteiger partial charge in [-0.25, -0.2) is 0 Å². The summed E-state index contributed by atoms with van der Waals surface area (Å²) in [4.78, 5) is 18.3. The van der Waals surface area contributed by atoms with E-state index in [1.54, 1.807) is 14.2 Å². The minimum absolute atomic E-state index is 0. The highest BCUT2D eigenvalue weighted by Crippen LogP contribution is 2.18. The molecular weight excluding hydrogens is 443 g/mol. The maximum atomic E-state index is 12.1. The number of nitrogens with zero attached hydrogens (tertiary/aromatic N) is 2. The molecule has 7 heteroatoms. The zero-order valence-corrected chi connectivity index (χ0v) is 18.7. The fourth-order valence-corrected chi connectivity index (χ4v) is 2.99. The van der Waals surface area contributed by atoms with Crippen LogP contribution in [0.3, 0.4) is 0 Å². The van der Waals surface area contributed by atoms with E-state index in [1.807, 2.05) is 31.7 Å². The van der Waals surface area contributed by atoms with Crippen LogP contribution in [-0.2, 0) is 11.3 Å². The molecule has 1 aliphatic heterocycles. The number of likely N-dealkylation sites (tertiary alicyclic amines) is 1. The van der Waals surface area contributed by atoms with Crippen LogP contribution in [0.15, 0.2) is 23.2 Å². The molecule has 1 amide bonds. The summed E-state index contributed by atoms with van der Waals surface area (Å²) in [5.41, 5.74) is 2.25. The maximum Gasteiger partial charge on any atom is 0.225 e. The summed E-state index contributed by atoms with van der Waals surface area (Å²) >= 11 is 0. The highest BCUT2D eigenvalue weighted by atomic mass is 127. The van der Waals surface area contributed by atoms with Crippen LogP contribution in [0.2, 0.25) is 0 Å². The van der Waals surface area contributed by atoms with Crippen molar-refractivity contribution in [2.75, 3.05) is 27.2 Å². The quantitative estimate of drug-likeness (QED) is 0.391. The Morgan fingerprint density at radius 3 is 2.77 bits per heavy atom. The average Bonchev–Trinajstić information content (AvgIpc) is 3.07. The van der Waals surface area contributed by atoms with Gasteiger partial charge in [0, 0.05) is 38.6 Å². The molecule has 6 nitrogen and oxygen atoms in total. The smallest absolute Gasteiger partial charge is 0.225 e. The zero-order chi connectivity index (χ0) is 18.4. The van der Waals surface area contributed by atoms with E-state index in [4.69, 9.17) is 4.74 Å². The lowest BCUT2D eigenvalue weighted by Gasteiger charge is -2.20. The molecule has 26 heavy (non-hydrogen) atoms. The number of ether oxygens (including phenoxy) is 1. The average molecular weight is 474 g/mol. The second kappa shape index (κ2) is 10.6. The molecule has 1 aromatic carbocycles. The molecule has 2 rings (SSSR count). The topological polar surface area (TPSA) is 66.0 Å². The van der Waals surface area contributed by atoms with Crippen molar-refractivity contribution in [2.24, 2.45) is 10.9 Å². The van der Waals surface area contributed by atoms with Crippen LogP contribution in [0, 0.1) is 12.8 Å². The Hall–Kier alpha value is -1.51. The molecular formula is C19H31IN4O2. The van der Waals surface area contributed by atoms with Crippen LogP contribution < -0.4 is 15.4 Å². The molecule has 0 saturated carbocycles. The number of guanidine groups is 1. The molecule has 1 atom stereocenters. The van der Waals surface area contributed by atoms with E-state index in [9.17, 15) is 4.79 Å². The van der Waals surface area contributed by atoms with Gasteiger partial charge in [0.15, 0.2) is 5.96 Å². The Balaban J connectivity index is 0.00000338. The summed E-state index contributed by atoms with van der Waals surface area (Å²) in [6.45, 7) is 8.12. The third-order valence-electron chi connectivity index (χ3n) is 4.49. The molecule has 0 aliphatic carbocycles. The zero-order valence-electron chi connectivity index (χ0n) is 16.3. The standard InChI is InChI=1S/C19H30N4O2.HI/c1-13(2)18(24)23-9-8-16(12-23)22-19(20-4)21-11-15-7-6-14(3)17(10-15)25-5;/h6-7,10,13,16H,8-9,11-12H2,1-5H3,(H2,20,21,22);1H. The van der Waals surface area contributed by atoms with Crippen molar-refractivity contribution >= 4 is 35.8 Å². The summed E-state index contributed by atoms with van der Waals surface area (Å²) in [7, 11) is 3.45. The summed E-state index contributed by atoms with van der Waals surface area (Å²) < 4.78 is 5.37. The van der Waals surface area contributed by atoms with Gasteiger partial charge in [-0.2, -0.15) is 0 Å². The lowest BCUT2D eigenvalue weighted by Crippen LogP contribution is -2.45. The lowest BCUT2D eigenvalue weighted by molar-refractivity contribution is -0.133. The Bertz CT molecular complexity index is 634. The minimum atomic E-state index is 0. The van der Waals surface area contributed by atoms with E-state index < -0.39 is 0 Å². The summed E-state index contributed by atoms with van der Waals surface area (Å²) in [6, 6.07) is 6.41. The molecule has 1 saturated heterocycles. The second-order valence-electron chi connectivity index (χ2n) is 6.80. The van der Waals surface area contributed by atoms with Crippen LogP contribution in [0.1, 0.15) is 31.4 Å². The number of carbonyl (C=O) groups excluding carboxylic acids is 1. The third-order valence-corrected chi connectivity index (χ3v) is 4.49. The molecule has 146 valence electrons. The lowest BCUT2D eigenvalue weighted by atomic mass is 10.1. The molecule has 2 N–H and O–H groups in total. The number of methoxy groups -OCH3 is 1. The Morgan fingerprint density at radius 1 is 1.42 bits per heavy atom. The third kappa shape index (κ3) is 6.03. The van der Waals surface area contributed by atoms with Crippen molar-refractivity contribution in [2.45, 2.75) is 39.8 Å². The summed E-state index contributed by atoms with van der Waals surface area (Å²) in [5.74, 6) is 1.91. The van der Waals surface area contributed by atoms with Gasteiger partial charge in [0.25, 0.3) is 0 Å². The van der Waals surface area contributed by atoms with Gasteiger partial charge < -0.3 is 20.3 Å². The van der Waals surface area contributed by atoms with Gasteiger partial charge in [-0.15, -0.1) is 24.0 Å². The number of aliphatic imine (C=N–C) groups is 1. The number of halogens is 1. The van der Waals surface area contributed by atoms with Gasteiger partial charge in [-0.05, 0) is 30.5 Å². The van der Waals surface area contributed by atoms with Gasteiger partial charge in [-0.1, -0.05) is 26.0 Å². The second-order valence-corrected chi connectivity index (χ2v) is 6.80. The number of nitrogens with one attached hydrogen (secondary N) is 2. The number of carbonyl (C=O) groups is 1. The fourth-order valence-electron chi connectivity index (χ4n) is 2.99. The van der Waals surface area contributed by atoms with E-state index in [0.29, 0.717) is 6.54 Å². The summed E-state index contributed by atoms with van der Waals surface area (Å²) in [6.07, 6.45) is 0.942. The van der Waals surface area contributed by atoms with Crippen molar-refractivity contribution in [3.8, 4) is 5.75 Å². The first kappa shape index (κ1) is 22.5. The Labute approximate surface area is 173 Å². The number of amides is 1. The SMILES string of the molecule is CN=C(NCc1ccc(C)c(OC)c1)NC1CCN(C(=O)C(C)C)C1.I. The van der Waals surface area contributed by atoms with Crippen LogP contribution >= 0.6 is 24.0 Å². The molecule has 1 heterocycles.